The van der Waals surface area contributed by atoms with Crippen molar-refractivity contribution >= 4 is 10.8 Å². The lowest BCUT2D eigenvalue weighted by Gasteiger charge is -2.29. The van der Waals surface area contributed by atoms with Gasteiger partial charge in [0.2, 0.25) is 0 Å². The van der Waals surface area contributed by atoms with Crippen LogP contribution in [0, 0.1) is 5.92 Å². The summed E-state index contributed by atoms with van der Waals surface area (Å²) in [6, 6.07) is 14.5. The normalized spacial score (nSPS) is 19.9. The fraction of sp³-hybridized carbons (Fsp3) is 0.643. The third-order valence-corrected chi connectivity index (χ3v) is 7.03. The van der Waals surface area contributed by atoms with E-state index in [4.69, 9.17) is 0 Å². The second-order valence-corrected chi connectivity index (χ2v) is 9.32. The van der Waals surface area contributed by atoms with Gasteiger partial charge >= 0.3 is 0 Å². The van der Waals surface area contributed by atoms with Crippen LogP contribution in [0.5, 0.6) is 0 Å². The number of unbranched alkanes of at least 4 members (excludes halogenated alkanes) is 6. The highest BCUT2D eigenvalue weighted by Gasteiger charge is 2.22. The fourth-order valence-corrected chi connectivity index (χ4v) is 5.12. The first kappa shape index (κ1) is 21.4. The summed E-state index contributed by atoms with van der Waals surface area (Å²) in [5.74, 6) is 1.80. The number of rotatable bonds is 11. The van der Waals surface area contributed by atoms with Gasteiger partial charge in [-0.05, 0) is 72.3 Å². The predicted molar refractivity (Wildman–Crippen MR) is 125 cm³/mol. The Morgan fingerprint density at radius 3 is 2.11 bits per heavy atom. The number of fused-ring (bicyclic) bond motifs is 1. The molecular formula is C28H42. The molecule has 0 N–H and O–H groups in total. The van der Waals surface area contributed by atoms with E-state index in [9.17, 15) is 0 Å². The molecular weight excluding hydrogens is 336 g/mol. The number of aryl methyl sites for hydroxylation is 1. The highest BCUT2D eigenvalue weighted by molar-refractivity contribution is 5.84. The van der Waals surface area contributed by atoms with Gasteiger partial charge in [0, 0.05) is 0 Å². The quantitative estimate of drug-likeness (QED) is 0.342. The molecule has 1 saturated carbocycles. The van der Waals surface area contributed by atoms with E-state index < -0.39 is 0 Å². The van der Waals surface area contributed by atoms with Crippen LogP contribution >= 0.6 is 0 Å². The minimum Gasteiger partial charge on any atom is -0.0654 e. The zero-order valence-electron chi connectivity index (χ0n) is 18.5. The molecule has 0 heteroatoms. The summed E-state index contributed by atoms with van der Waals surface area (Å²) in [7, 11) is 0. The molecule has 1 aliphatic rings. The van der Waals surface area contributed by atoms with Crippen molar-refractivity contribution in [1.82, 2.24) is 0 Å². The van der Waals surface area contributed by atoms with Crippen LogP contribution in [-0.4, -0.2) is 0 Å². The average Bonchev–Trinajstić information content (AvgIpc) is 2.74. The molecule has 3 rings (SSSR count). The molecule has 0 heterocycles. The first-order valence-electron chi connectivity index (χ1n) is 12.3. The van der Waals surface area contributed by atoms with Crippen LogP contribution in [0.1, 0.15) is 114 Å². The second-order valence-electron chi connectivity index (χ2n) is 9.32. The van der Waals surface area contributed by atoms with Gasteiger partial charge in [-0.25, -0.2) is 0 Å². The zero-order chi connectivity index (χ0) is 19.6. The van der Waals surface area contributed by atoms with Crippen molar-refractivity contribution in [2.75, 3.05) is 0 Å². The van der Waals surface area contributed by atoms with Crippen molar-refractivity contribution in [3.8, 4) is 0 Å². The van der Waals surface area contributed by atoms with Crippen LogP contribution in [0.4, 0.5) is 0 Å². The van der Waals surface area contributed by atoms with Gasteiger partial charge in [0.25, 0.3) is 0 Å². The summed E-state index contributed by atoms with van der Waals surface area (Å²) in [5, 5.41) is 2.87. The van der Waals surface area contributed by atoms with Gasteiger partial charge in [-0.15, -0.1) is 0 Å². The Balaban J connectivity index is 1.52. The summed E-state index contributed by atoms with van der Waals surface area (Å²) in [6.07, 6.45) is 19.5. The van der Waals surface area contributed by atoms with Crippen LogP contribution in [0.15, 0.2) is 36.4 Å². The molecule has 2 aromatic rings. The minimum absolute atomic E-state index is 0.796. The standard InChI is InChI=1S/C28H42/c1-3-5-7-9-11-23-13-16-25(17-14-23)27-20-19-26-21-24(12-10-8-6-4-2)15-18-28(26)22-27/h15,18-23,25H,3-14,16-17H2,1-2H3/t23-,25-. The van der Waals surface area contributed by atoms with E-state index in [1.54, 1.807) is 5.56 Å². The third kappa shape index (κ3) is 6.36. The van der Waals surface area contributed by atoms with Crippen LogP contribution < -0.4 is 0 Å². The number of hydrogen-bond donors (Lipinski definition) is 0. The third-order valence-electron chi connectivity index (χ3n) is 7.03. The van der Waals surface area contributed by atoms with E-state index in [0.29, 0.717) is 0 Å². The van der Waals surface area contributed by atoms with Gasteiger partial charge in [0.15, 0.2) is 0 Å². The number of hydrogen-bond acceptors (Lipinski definition) is 0. The number of benzene rings is 2. The monoisotopic (exact) mass is 378 g/mol. The molecule has 154 valence electrons. The van der Waals surface area contributed by atoms with E-state index in [1.165, 1.54) is 106 Å². The maximum Gasteiger partial charge on any atom is -0.0162 e. The van der Waals surface area contributed by atoms with E-state index in [1.807, 2.05) is 0 Å². The van der Waals surface area contributed by atoms with Gasteiger partial charge in [0.1, 0.15) is 0 Å². The topological polar surface area (TPSA) is 0 Å². The molecule has 0 atom stereocenters. The van der Waals surface area contributed by atoms with Crippen LogP contribution in [0.2, 0.25) is 0 Å². The molecule has 0 aromatic heterocycles. The van der Waals surface area contributed by atoms with Crippen molar-refractivity contribution in [2.45, 2.75) is 110 Å². The molecule has 1 aliphatic carbocycles. The lowest BCUT2D eigenvalue weighted by atomic mass is 9.76. The van der Waals surface area contributed by atoms with Gasteiger partial charge in [-0.3, -0.25) is 0 Å². The summed E-state index contributed by atoms with van der Waals surface area (Å²) in [4.78, 5) is 0. The molecule has 0 spiro atoms. The Morgan fingerprint density at radius 2 is 1.36 bits per heavy atom. The summed E-state index contributed by atoms with van der Waals surface area (Å²) in [6.45, 7) is 4.59. The Labute approximate surface area is 174 Å². The molecule has 0 nitrogen and oxygen atoms in total. The molecule has 0 saturated heterocycles. The Hall–Kier alpha value is -1.30. The van der Waals surface area contributed by atoms with Crippen LogP contribution in [0.3, 0.4) is 0 Å². The highest BCUT2D eigenvalue weighted by Crippen LogP contribution is 2.38. The van der Waals surface area contributed by atoms with Crippen LogP contribution in [-0.2, 0) is 6.42 Å². The fourth-order valence-electron chi connectivity index (χ4n) is 5.12. The first-order chi connectivity index (χ1) is 13.8. The summed E-state index contributed by atoms with van der Waals surface area (Å²) >= 11 is 0. The predicted octanol–water partition coefficient (Wildman–Crippen LogP) is 9.21. The lowest BCUT2D eigenvalue weighted by Crippen LogP contribution is -2.13. The summed E-state index contributed by atoms with van der Waals surface area (Å²) in [5.41, 5.74) is 3.10. The Kier molecular flexibility index (Phi) is 8.90. The Bertz CT molecular complexity index is 690. The largest absolute Gasteiger partial charge is 0.0654 e. The molecule has 0 amide bonds. The van der Waals surface area contributed by atoms with E-state index >= 15 is 0 Å². The highest BCUT2D eigenvalue weighted by atomic mass is 14.3. The summed E-state index contributed by atoms with van der Waals surface area (Å²) < 4.78 is 0. The lowest BCUT2D eigenvalue weighted by molar-refractivity contribution is 0.302. The molecule has 28 heavy (non-hydrogen) atoms. The van der Waals surface area contributed by atoms with E-state index in [2.05, 4.69) is 50.2 Å². The maximum absolute atomic E-state index is 2.49. The molecule has 2 aromatic carbocycles. The molecule has 0 bridgehead atoms. The van der Waals surface area contributed by atoms with E-state index in [0.717, 1.165) is 11.8 Å². The SMILES string of the molecule is CCCCCCc1ccc2cc([C@H]3CC[C@H](CCCCCC)CC3)ccc2c1. The Morgan fingerprint density at radius 1 is 0.679 bits per heavy atom. The molecule has 0 aliphatic heterocycles. The maximum atomic E-state index is 2.49. The van der Waals surface area contributed by atoms with Crippen molar-refractivity contribution in [1.29, 1.82) is 0 Å². The van der Waals surface area contributed by atoms with Crippen molar-refractivity contribution < 1.29 is 0 Å². The van der Waals surface area contributed by atoms with Crippen molar-refractivity contribution in [2.24, 2.45) is 5.92 Å². The van der Waals surface area contributed by atoms with Gasteiger partial charge < -0.3 is 0 Å². The zero-order valence-corrected chi connectivity index (χ0v) is 18.5. The van der Waals surface area contributed by atoms with Gasteiger partial charge in [0.05, 0.1) is 0 Å². The average molecular weight is 379 g/mol. The van der Waals surface area contributed by atoms with Crippen molar-refractivity contribution in [3.05, 3.63) is 47.5 Å². The van der Waals surface area contributed by atoms with E-state index in [-0.39, 0.29) is 0 Å². The molecule has 0 unspecified atom stereocenters. The first-order valence-corrected chi connectivity index (χ1v) is 12.3. The van der Waals surface area contributed by atoms with Gasteiger partial charge in [-0.1, -0.05) is 102 Å². The molecule has 0 radical (unpaired) electrons. The minimum atomic E-state index is 0.796. The van der Waals surface area contributed by atoms with Crippen molar-refractivity contribution in [3.63, 3.8) is 0 Å². The van der Waals surface area contributed by atoms with Crippen LogP contribution in [0.25, 0.3) is 10.8 Å². The second kappa shape index (κ2) is 11.6. The molecule has 1 fully saturated rings. The van der Waals surface area contributed by atoms with Gasteiger partial charge in [-0.2, -0.15) is 0 Å². The smallest absolute Gasteiger partial charge is 0.0162 e.